The number of fused-ring (bicyclic) bond motifs is 1. The molecule has 0 spiro atoms. The second-order valence-corrected chi connectivity index (χ2v) is 10.5. The van der Waals surface area contributed by atoms with Gasteiger partial charge in [-0.2, -0.15) is 0 Å². The molecule has 1 aliphatic heterocycles. The Hall–Kier alpha value is -2.11. The van der Waals surface area contributed by atoms with E-state index in [0.717, 1.165) is 39.0 Å². The quantitative estimate of drug-likeness (QED) is 0.526. The lowest BCUT2D eigenvalue weighted by molar-refractivity contribution is -0.127. The van der Waals surface area contributed by atoms with Gasteiger partial charge >= 0.3 is 0 Å². The Balaban J connectivity index is 1.26. The van der Waals surface area contributed by atoms with Gasteiger partial charge < -0.3 is 10.3 Å². The van der Waals surface area contributed by atoms with Crippen molar-refractivity contribution in [3.8, 4) is 11.3 Å². The van der Waals surface area contributed by atoms with Crippen LogP contribution in [-0.2, 0) is 11.3 Å². The average molecular weight is 436 g/mol. The molecule has 1 saturated heterocycles. The lowest BCUT2D eigenvalue weighted by atomic mass is 9.84. The number of aromatic amines is 1. The Labute approximate surface area is 189 Å². The zero-order chi connectivity index (χ0) is 21.4. The smallest absolute Gasteiger partial charge is 0.223 e. The number of carbonyl (C=O) groups excluding carboxylic acids is 1. The molecule has 5 rings (SSSR count). The summed E-state index contributed by atoms with van der Waals surface area (Å²) in [7, 11) is 0. The summed E-state index contributed by atoms with van der Waals surface area (Å²) >= 11 is 1.79. The van der Waals surface area contributed by atoms with Crippen LogP contribution >= 0.6 is 11.3 Å². The van der Waals surface area contributed by atoms with Gasteiger partial charge in [-0.1, -0.05) is 23.6 Å². The second kappa shape index (κ2) is 8.79. The summed E-state index contributed by atoms with van der Waals surface area (Å²) in [5.41, 5.74) is 6.62. The largest absolute Gasteiger partial charge is 0.356 e. The number of nitrogens with zero attached hydrogens (tertiary/aromatic N) is 1. The lowest BCUT2D eigenvalue weighted by Crippen LogP contribution is -2.41. The molecule has 5 heteroatoms. The van der Waals surface area contributed by atoms with Crippen molar-refractivity contribution in [2.45, 2.75) is 52.5 Å². The van der Waals surface area contributed by atoms with E-state index in [0.29, 0.717) is 17.7 Å². The van der Waals surface area contributed by atoms with Gasteiger partial charge in [0.25, 0.3) is 0 Å². The minimum Gasteiger partial charge on any atom is -0.356 e. The van der Waals surface area contributed by atoms with E-state index in [1.165, 1.54) is 57.4 Å². The van der Waals surface area contributed by atoms with Crippen molar-refractivity contribution in [3.05, 3.63) is 46.3 Å². The summed E-state index contributed by atoms with van der Waals surface area (Å²) in [6.45, 7) is 8.40. The molecule has 4 nitrogen and oxygen atoms in total. The third-order valence-electron chi connectivity index (χ3n) is 7.17. The van der Waals surface area contributed by atoms with Gasteiger partial charge in [0.1, 0.15) is 4.83 Å². The number of nitrogens with one attached hydrogen (secondary N) is 2. The Morgan fingerprint density at radius 1 is 1.13 bits per heavy atom. The predicted molar refractivity (Wildman–Crippen MR) is 129 cm³/mol. The molecule has 3 aromatic rings. The number of rotatable bonds is 6. The maximum Gasteiger partial charge on any atom is 0.223 e. The molecule has 0 atom stereocenters. The Morgan fingerprint density at radius 3 is 2.55 bits per heavy atom. The molecule has 2 N–H and O–H groups in total. The first-order valence-corrected chi connectivity index (χ1v) is 12.6. The van der Waals surface area contributed by atoms with E-state index in [4.69, 9.17) is 0 Å². The topological polar surface area (TPSA) is 48.1 Å². The summed E-state index contributed by atoms with van der Waals surface area (Å²) in [5, 5.41) is 6.77. The average Bonchev–Trinajstić information content (AvgIpc) is 3.28. The number of thiophene rings is 1. The Morgan fingerprint density at radius 2 is 1.87 bits per heavy atom. The molecule has 2 aliphatic rings. The molecule has 164 valence electrons. The van der Waals surface area contributed by atoms with Gasteiger partial charge in [-0.3, -0.25) is 9.69 Å². The number of H-pyrrole nitrogens is 1. The van der Waals surface area contributed by atoms with Crippen LogP contribution in [0.1, 0.15) is 48.8 Å². The summed E-state index contributed by atoms with van der Waals surface area (Å²) in [5.74, 6) is 1.20. The van der Waals surface area contributed by atoms with Gasteiger partial charge in [0, 0.05) is 30.0 Å². The van der Waals surface area contributed by atoms with Crippen LogP contribution < -0.4 is 5.32 Å². The van der Waals surface area contributed by atoms with Crippen molar-refractivity contribution in [3.63, 3.8) is 0 Å². The normalized spacial score (nSPS) is 18.4. The molecular weight excluding hydrogens is 402 g/mol. The molecule has 1 amide bonds. The number of likely N-dealkylation sites (tertiary alicyclic amines) is 1. The molecule has 1 saturated carbocycles. The number of piperidine rings is 1. The Bertz CT molecular complexity index is 1050. The monoisotopic (exact) mass is 435 g/mol. The number of aryl methyl sites for hydroxylation is 2. The summed E-state index contributed by atoms with van der Waals surface area (Å²) in [6.07, 6.45) is 5.72. The number of amides is 1. The van der Waals surface area contributed by atoms with E-state index in [9.17, 15) is 4.79 Å². The first-order chi connectivity index (χ1) is 15.1. The molecule has 31 heavy (non-hydrogen) atoms. The van der Waals surface area contributed by atoms with Crippen LogP contribution in [0.3, 0.4) is 0 Å². The molecule has 2 aromatic heterocycles. The van der Waals surface area contributed by atoms with Crippen molar-refractivity contribution >= 4 is 27.5 Å². The fourth-order valence-corrected chi connectivity index (χ4v) is 5.95. The number of aromatic nitrogens is 1. The molecule has 0 radical (unpaired) electrons. The number of benzene rings is 1. The van der Waals surface area contributed by atoms with Crippen molar-refractivity contribution in [1.29, 1.82) is 0 Å². The van der Waals surface area contributed by atoms with Crippen molar-refractivity contribution in [1.82, 2.24) is 15.2 Å². The number of carbonyl (C=O) groups is 1. The van der Waals surface area contributed by atoms with E-state index in [1.54, 1.807) is 11.3 Å². The summed E-state index contributed by atoms with van der Waals surface area (Å²) in [4.78, 5) is 19.7. The van der Waals surface area contributed by atoms with Gasteiger partial charge in [0.15, 0.2) is 0 Å². The molecule has 0 bridgehead atoms. The van der Waals surface area contributed by atoms with E-state index in [1.807, 2.05) is 0 Å². The molecule has 1 aliphatic carbocycles. The van der Waals surface area contributed by atoms with Gasteiger partial charge in [0.05, 0.1) is 5.69 Å². The van der Waals surface area contributed by atoms with Gasteiger partial charge in [0.2, 0.25) is 5.91 Å². The van der Waals surface area contributed by atoms with Crippen LogP contribution in [0.15, 0.2) is 29.6 Å². The third kappa shape index (κ3) is 4.44. The van der Waals surface area contributed by atoms with E-state index >= 15 is 0 Å². The fraction of sp³-hybridized carbons (Fsp3) is 0.500. The van der Waals surface area contributed by atoms with Crippen LogP contribution in [0, 0.1) is 25.7 Å². The van der Waals surface area contributed by atoms with Gasteiger partial charge in [-0.05, 0) is 87.7 Å². The Kier molecular flexibility index (Phi) is 5.89. The van der Waals surface area contributed by atoms with Crippen LogP contribution in [0.25, 0.3) is 21.5 Å². The van der Waals surface area contributed by atoms with Crippen molar-refractivity contribution in [2.75, 3.05) is 19.6 Å². The fourth-order valence-electron chi connectivity index (χ4n) is 5.13. The minimum absolute atomic E-state index is 0.291. The first kappa shape index (κ1) is 20.8. The van der Waals surface area contributed by atoms with E-state index in [-0.39, 0.29) is 0 Å². The highest BCUT2D eigenvalue weighted by atomic mass is 32.1. The van der Waals surface area contributed by atoms with E-state index in [2.05, 4.69) is 58.7 Å². The van der Waals surface area contributed by atoms with Crippen LogP contribution in [0.4, 0.5) is 0 Å². The number of hydrogen-bond donors (Lipinski definition) is 2. The SMILES string of the molecule is Cc1cc(C)cc(-c2[nH]c3sccc3c2CN2CCC(CNC(=O)C3CCC3)CC2)c1. The molecule has 3 heterocycles. The third-order valence-corrected chi connectivity index (χ3v) is 8.00. The maximum absolute atomic E-state index is 12.1. The van der Waals surface area contributed by atoms with Crippen molar-refractivity contribution < 1.29 is 4.79 Å². The predicted octanol–water partition coefficient (Wildman–Crippen LogP) is 5.64. The molecular formula is C26H33N3OS. The van der Waals surface area contributed by atoms with Crippen LogP contribution in [0.5, 0.6) is 0 Å². The highest BCUT2D eigenvalue weighted by Crippen LogP contribution is 2.35. The first-order valence-electron chi connectivity index (χ1n) is 11.7. The summed E-state index contributed by atoms with van der Waals surface area (Å²) < 4.78 is 0. The lowest BCUT2D eigenvalue weighted by Gasteiger charge is -2.33. The summed E-state index contributed by atoms with van der Waals surface area (Å²) in [6, 6.07) is 9.09. The van der Waals surface area contributed by atoms with Crippen LogP contribution in [-0.4, -0.2) is 35.4 Å². The zero-order valence-corrected chi connectivity index (χ0v) is 19.5. The molecule has 2 fully saturated rings. The van der Waals surface area contributed by atoms with Crippen LogP contribution in [0.2, 0.25) is 0 Å². The highest BCUT2D eigenvalue weighted by Gasteiger charge is 2.27. The standard InChI is InChI=1S/C26H33N3OS/c1-17-12-18(2)14-21(13-17)24-23(22-8-11-31-26(22)28-24)16-29-9-6-19(7-10-29)15-27-25(30)20-4-3-5-20/h8,11-14,19-20,28H,3-7,9-10,15-16H2,1-2H3,(H,27,30). The zero-order valence-electron chi connectivity index (χ0n) is 18.7. The van der Waals surface area contributed by atoms with Gasteiger partial charge in [-0.15, -0.1) is 11.3 Å². The van der Waals surface area contributed by atoms with E-state index < -0.39 is 0 Å². The minimum atomic E-state index is 0.291. The highest BCUT2D eigenvalue weighted by molar-refractivity contribution is 7.16. The van der Waals surface area contributed by atoms with Crippen molar-refractivity contribution in [2.24, 2.45) is 11.8 Å². The maximum atomic E-state index is 12.1. The molecule has 1 aromatic carbocycles. The van der Waals surface area contributed by atoms with Gasteiger partial charge in [-0.25, -0.2) is 0 Å². The second-order valence-electron chi connectivity index (χ2n) is 9.61. The number of hydrogen-bond acceptors (Lipinski definition) is 3. The molecule has 0 unspecified atom stereocenters.